The average molecular weight is 275 g/mol. The van der Waals surface area contributed by atoms with Crippen LogP contribution in [0.5, 0.6) is 0 Å². The fraction of sp³-hybridized carbons (Fsp3) is 0.750. The van der Waals surface area contributed by atoms with Gasteiger partial charge in [0.05, 0.1) is 6.61 Å². The largest absolute Gasteiger partial charge is 3.00 e. The number of hydrogen-bond acceptors (Lipinski definition) is 3. The molecule has 0 unspecified atom stereocenters. The van der Waals surface area contributed by atoms with Gasteiger partial charge in [0, 0.05) is 12.7 Å². The molecule has 0 amide bonds. The Hall–Kier alpha value is 1.43. The number of thiol groups is 1. The summed E-state index contributed by atoms with van der Waals surface area (Å²) in [4.78, 5) is 0. The van der Waals surface area contributed by atoms with Gasteiger partial charge < -0.3 is 4.74 Å². The Morgan fingerprint density at radius 2 is 2.25 bits per heavy atom. The van der Waals surface area contributed by atoms with Crippen LogP contribution in [0.15, 0.2) is 0 Å². The van der Waals surface area contributed by atoms with Gasteiger partial charge in [0.2, 0.25) is 0 Å². The van der Waals surface area contributed by atoms with Crippen LogP contribution < -0.4 is 0 Å². The van der Waals surface area contributed by atoms with Crippen LogP contribution >= 0.6 is 24.8 Å². The van der Waals surface area contributed by atoms with E-state index in [1.165, 1.54) is 0 Å². The fourth-order valence-corrected chi connectivity index (χ4v) is 0.364. The summed E-state index contributed by atoms with van der Waals surface area (Å²) in [5.41, 5.74) is 0. The molecule has 0 aromatic heterocycles. The molecule has 0 aromatic rings. The van der Waals surface area contributed by atoms with Crippen LogP contribution in [-0.2, 0) is 4.74 Å². The molecule has 0 aliphatic carbocycles. The first-order chi connectivity index (χ1) is 3.27. The van der Waals surface area contributed by atoms with Gasteiger partial charge in [-0.1, -0.05) is 0 Å². The quantitative estimate of drug-likeness (QED) is 0.600. The van der Waals surface area contributed by atoms with Crippen molar-refractivity contribution in [3.63, 3.8) is 0 Å². The van der Waals surface area contributed by atoms with E-state index in [4.69, 9.17) is 4.74 Å². The van der Waals surface area contributed by atoms with E-state index in [0.717, 1.165) is 5.75 Å². The molecule has 0 fully saturated rings. The van der Waals surface area contributed by atoms with E-state index >= 15 is 0 Å². The molecule has 0 aliphatic rings. The van der Waals surface area contributed by atoms with Crippen LogP contribution in [0.3, 0.4) is 0 Å². The molecule has 1 nitrogen and oxygen atoms in total. The van der Waals surface area contributed by atoms with Crippen molar-refractivity contribution in [3.05, 3.63) is 0 Å². The van der Waals surface area contributed by atoms with Gasteiger partial charge in [-0.3, -0.25) is 0 Å². The van der Waals surface area contributed by atoms with Crippen LogP contribution in [0.2, 0.25) is 0 Å². The van der Waals surface area contributed by atoms with Crippen molar-refractivity contribution in [2.45, 2.75) is 6.92 Å². The molecule has 0 saturated carbocycles. The second kappa shape index (κ2) is 8.43. The molecule has 0 N–H and O–H groups in total. The molecular weight excluding hydrogens is 267 g/mol. The van der Waals surface area contributed by atoms with Gasteiger partial charge >= 0.3 is 35.6 Å². The molecule has 0 atom stereocenters. The molecule has 8 heavy (non-hydrogen) atoms. The summed E-state index contributed by atoms with van der Waals surface area (Å²) in [6, 6.07) is 0. The van der Waals surface area contributed by atoms with Gasteiger partial charge in [0.1, 0.15) is 0 Å². The van der Waals surface area contributed by atoms with Crippen LogP contribution in [-0.4, -0.2) is 17.4 Å². The molecule has 4 heteroatoms. The third-order valence-electron chi connectivity index (χ3n) is 0.397. The summed E-state index contributed by atoms with van der Waals surface area (Å²) in [6.45, 7) is 2.37. The number of rotatable bonds is 2. The molecule has 0 aromatic carbocycles. The minimum absolute atomic E-state index is 0. The first kappa shape index (κ1) is 12.1. The van der Waals surface area contributed by atoms with Crippen LogP contribution in [0.1, 0.15) is 6.92 Å². The topological polar surface area (TPSA) is 9.23 Å². The molecule has 0 rings (SSSR count). The fourth-order valence-electron chi connectivity index (χ4n) is 0.189. The zero-order valence-electron chi connectivity index (χ0n) is 4.76. The van der Waals surface area contributed by atoms with Crippen molar-refractivity contribution < 1.29 is 40.3 Å². The Kier molecular flexibility index (Phi) is 12.8. The molecule has 0 heterocycles. The minimum Gasteiger partial charge on any atom is -0.487 e. The molecule has 42 valence electrons. The summed E-state index contributed by atoms with van der Waals surface area (Å²) < 4.78 is 4.85. The van der Waals surface area contributed by atoms with Gasteiger partial charge in [-0.15, -0.1) is 0 Å². The van der Waals surface area contributed by atoms with E-state index in [9.17, 15) is 0 Å². The van der Waals surface area contributed by atoms with Gasteiger partial charge in [0.25, 0.3) is 0 Å². The minimum atomic E-state index is 0. The van der Waals surface area contributed by atoms with E-state index in [1.807, 2.05) is 0 Å². The van der Waals surface area contributed by atoms with Gasteiger partial charge in [-0.05, 0) is 12.2 Å². The summed E-state index contributed by atoms with van der Waals surface area (Å²) in [6.07, 6.45) is 0. The van der Waals surface area contributed by atoms with Crippen molar-refractivity contribution in [3.8, 4) is 0 Å². The van der Waals surface area contributed by atoms with E-state index in [1.54, 1.807) is 6.92 Å². The van der Waals surface area contributed by atoms with E-state index in [-0.39, 0.29) is 35.6 Å². The molecule has 0 spiro atoms. The monoisotopic (exact) mass is 275 g/mol. The molecule has 0 bridgehead atoms. The average Bonchev–Trinajstić information content (AvgIpc) is 1.61. The SMILES string of the molecule is CC(=S)OCCS.[La+3]. The third-order valence-corrected chi connectivity index (χ3v) is 0.697. The maximum absolute atomic E-state index is 4.85. The second-order valence-corrected chi connectivity index (χ2v) is 2.09. The van der Waals surface area contributed by atoms with Crippen molar-refractivity contribution in [2.75, 3.05) is 12.4 Å². The number of ether oxygens (including phenoxy) is 1. The molecule has 0 saturated heterocycles. The third kappa shape index (κ3) is 10.4. The maximum atomic E-state index is 4.85. The van der Waals surface area contributed by atoms with Gasteiger partial charge in [0.15, 0.2) is 5.05 Å². The maximum Gasteiger partial charge on any atom is 3.00 e. The first-order valence-corrected chi connectivity index (χ1v) is 3.05. The first-order valence-electron chi connectivity index (χ1n) is 2.01. The Bertz CT molecular complexity index is 67.1. The van der Waals surface area contributed by atoms with Crippen LogP contribution in [0.25, 0.3) is 0 Å². The Morgan fingerprint density at radius 3 is 2.38 bits per heavy atom. The standard InChI is InChI=1S/C4H8OS2.La/c1-4(7)5-2-3-6;/h6H,2-3H2,1H3;/q;+3. The smallest absolute Gasteiger partial charge is 0.487 e. The van der Waals surface area contributed by atoms with Crippen molar-refractivity contribution in [2.24, 2.45) is 0 Å². The molecule has 0 aliphatic heterocycles. The zero-order chi connectivity index (χ0) is 5.70. The summed E-state index contributed by atoms with van der Waals surface area (Å²) in [5.74, 6) is 0.730. The van der Waals surface area contributed by atoms with Gasteiger partial charge in [-0.25, -0.2) is 0 Å². The van der Waals surface area contributed by atoms with Crippen molar-refractivity contribution in [1.29, 1.82) is 0 Å². The van der Waals surface area contributed by atoms with Crippen LogP contribution in [0, 0.1) is 35.6 Å². The van der Waals surface area contributed by atoms with E-state index in [2.05, 4.69) is 24.8 Å². The summed E-state index contributed by atoms with van der Waals surface area (Å²) in [5, 5.41) is 0.592. The molecular formula is C4H8LaOS2+3. The normalized spacial score (nSPS) is 7.25. The Balaban J connectivity index is 0. The number of hydrogen-bond donors (Lipinski definition) is 1. The van der Waals surface area contributed by atoms with Crippen LogP contribution in [0.4, 0.5) is 0 Å². The Labute approximate surface area is 88.6 Å². The van der Waals surface area contributed by atoms with E-state index < -0.39 is 0 Å². The zero-order valence-corrected chi connectivity index (χ0v) is 10.1. The second-order valence-electron chi connectivity index (χ2n) is 1.06. The van der Waals surface area contributed by atoms with E-state index in [0.29, 0.717) is 11.7 Å². The van der Waals surface area contributed by atoms with Crippen molar-refractivity contribution in [1.82, 2.24) is 0 Å². The van der Waals surface area contributed by atoms with Gasteiger partial charge in [-0.2, -0.15) is 12.6 Å². The summed E-state index contributed by atoms with van der Waals surface area (Å²) in [7, 11) is 0. The molecule has 0 radical (unpaired) electrons. The predicted molar refractivity (Wildman–Crippen MR) is 38.1 cm³/mol. The van der Waals surface area contributed by atoms with Crippen molar-refractivity contribution >= 4 is 29.9 Å². The Morgan fingerprint density at radius 1 is 1.75 bits per heavy atom. The predicted octanol–water partition coefficient (Wildman–Crippen LogP) is 1.28. The summed E-state index contributed by atoms with van der Waals surface area (Å²) >= 11 is 8.52. The number of thiocarbonyl (C=S) groups is 1.